The van der Waals surface area contributed by atoms with Crippen molar-refractivity contribution in [3.05, 3.63) is 34.9 Å². The number of rotatable bonds is 3. The zero-order chi connectivity index (χ0) is 11.4. The van der Waals surface area contributed by atoms with Crippen LogP contribution in [0, 0.1) is 0 Å². The smallest absolute Gasteiger partial charge is 0.328 e. The molecule has 0 saturated heterocycles. The summed E-state index contributed by atoms with van der Waals surface area (Å²) in [5, 5.41) is 9.13. The number of hydrogen-bond acceptors (Lipinski definition) is 2. The van der Waals surface area contributed by atoms with Crippen LogP contribution in [-0.4, -0.2) is 25.2 Å². The van der Waals surface area contributed by atoms with Gasteiger partial charge < -0.3 is 10.0 Å². The minimum Gasteiger partial charge on any atom is -0.478 e. The molecule has 0 saturated carbocycles. The summed E-state index contributed by atoms with van der Waals surface area (Å²) in [6.45, 7) is 0. The second-order valence-corrected chi connectivity index (χ2v) is 3.71. The molecule has 0 spiro atoms. The molecule has 0 aliphatic carbocycles. The number of carboxylic acid groups (broad SMARTS) is 1. The van der Waals surface area contributed by atoms with E-state index in [4.69, 9.17) is 16.7 Å². The Balaban J connectivity index is 3.13. The quantitative estimate of drug-likeness (QED) is 0.804. The van der Waals surface area contributed by atoms with Crippen LogP contribution < -0.4 is 4.90 Å². The summed E-state index contributed by atoms with van der Waals surface area (Å²) in [7, 11) is 3.78. The number of benzene rings is 1. The lowest BCUT2D eigenvalue weighted by Crippen LogP contribution is -2.10. The summed E-state index contributed by atoms with van der Waals surface area (Å²) in [6, 6.07) is 5.36. The summed E-state index contributed by atoms with van der Waals surface area (Å²) < 4.78 is 0. The molecule has 0 aromatic heterocycles. The highest BCUT2D eigenvalue weighted by molar-refractivity contribution is 6.30. The molecular formula is C11H12ClNO2. The molecule has 0 fully saturated rings. The number of hydrogen-bond donors (Lipinski definition) is 1. The molecule has 0 heterocycles. The van der Waals surface area contributed by atoms with Crippen molar-refractivity contribution < 1.29 is 9.90 Å². The molecule has 1 aromatic carbocycles. The van der Waals surface area contributed by atoms with E-state index in [1.807, 2.05) is 25.1 Å². The van der Waals surface area contributed by atoms with Gasteiger partial charge in [-0.2, -0.15) is 0 Å². The number of aliphatic carboxylic acids is 1. The van der Waals surface area contributed by atoms with Gasteiger partial charge in [0.05, 0.1) is 0 Å². The fourth-order valence-corrected chi connectivity index (χ4v) is 1.41. The van der Waals surface area contributed by atoms with Crippen LogP contribution in [0.3, 0.4) is 0 Å². The van der Waals surface area contributed by atoms with Gasteiger partial charge in [-0.3, -0.25) is 0 Å². The summed E-state index contributed by atoms with van der Waals surface area (Å²) in [5.74, 6) is -0.973. The first kappa shape index (κ1) is 11.6. The minimum atomic E-state index is -0.973. The molecule has 1 N–H and O–H groups in total. The van der Waals surface area contributed by atoms with E-state index in [1.54, 1.807) is 12.1 Å². The van der Waals surface area contributed by atoms with Crippen molar-refractivity contribution in [1.29, 1.82) is 0 Å². The van der Waals surface area contributed by atoms with Crippen LogP contribution in [0.4, 0.5) is 5.69 Å². The van der Waals surface area contributed by atoms with Crippen LogP contribution >= 0.6 is 11.6 Å². The largest absolute Gasteiger partial charge is 0.478 e. The average Bonchev–Trinajstić information content (AvgIpc) is 2.14. The van der Waals surface area contributed by atoms with E-state index in [9.17, 15) is 4.79 Å². The molecule has 0 bridgehead atoms. The minimum absolute atomic E-state index is 0.589. The Kier molecular flexibility index (Phi) is 3.74. The Labute approximate surface area is 93.6 Å². The van der Waals surface area contributed by atoms with Crippen molar-refractivity contribution in [3.63, 3.8) is 0 Å². The average molecular weight is 226 g/mol. The third kappa shape index (κ3) is 3.29. The topological polar surface area (TPSA) is 40.5 Å². The van der Waals surface area contributed by atoms with Gasteiger partial charge in [0.2, 0.25) is 0 Å². The van der Waals surface area contributed by atoms with E-state index in [0.717, 1.165) is 17.3 Å². The van der Waals surface area contributed by atoms with Crippen LogP contribution in [0.1, 0.15) is 5.56 Å². The van der Waals surface area contributed by atoms with Gasteiger partial charge in [0, 0.05) is 30.9 Å². The first-order chi connectivity index (χ1) is 7.00. The Bertz CT molecular complexity index is 400. The third-order valence-electron chi connectivity index (χ3n) is 1.88. The molecule has 0 aliphatic rings. The van der Waals surface area contributed by atoms with Gasteiger partial charge in [-0.05, 0) is 29.8 Å². The Morgan fingerprint density at radius 2 is 2.13 bits per heavy atom. The molecule has 0 unspecified atom stereocenters. The number of carbonyl (C=O) groups is 1. The van der Waals surface area contributed by atoms with E-state index in [1.165, 1.54) is 6.08 Å². The lowest BCUT2D eigenvalue weighted by Gasteiger charge is -2.15. The Morgan fingerprint density at radius 1 is 1.47 bits per heavy atom. The van der Waals surface area contributed by atoms with Gasteiger partial charge in [-0.15, -0.1) is 0 Å². The number of halogens is 1. The van der Waals surface area contributed by atoms with E-state index in [-0.39, 0.29) is 0 Å². The fraction of sp³-hybridized carbons (Fsp3) is 0.182. The fourth-order valence-electron chi connectivity index (χ4n) is 1.23. The van der Waals surface area contributed by atoms with Crippen LogP contribution in [0.5, 0.6) is 0 Å². The van der Waals surface area contributed by atoms with E-state index in [2.05, 4.69) is 0 Å². The molecule has 15 heavy (non-hydrogen) atoms. The van der Waals surface area contributed by atoms with Gasteiger partial charge in [-0.1, -0.05) is 11.6 Å². The standard InChI is InChI=1S/C11H12ClNO2/c1-13(2)10-5-4-9(12)7-8(10)3-6-11(14)15/h3-7H,1-2H3,(H,14,15)/b6-3+. The maximum atomic E-state index is 10.4. The second-order valence-electron chi connectivity index (χ2n) is 3.27. The molecule has 4 heteroatoms. The summed E-state index contributed by atoms with van der Waals surface area (Å²) in [4.78, 5) is 12.3. The Morgan fingerprint density at radius 3 is 2.67 bits per heavy atom. The molecule has 0 amide bonds. The van der Waals surface area contributed by atoms with E-state index in [0.29, 0.717) is 5.02 Å². The van der Waals surface area contributed by atoms with Gasteiger partial charge in [-0.25, -0.2) is 4.79 Å². The van der Waals surface area contributed by atoms with E-state index < -0.39 is 5.97 Å². The Hall–Kier alpha value is -1.48. The SMILES string of the molecule is CN(C)c1ccc(Cl)cc1/C=C/C(=O)O. The van der Waals surface area contributed by atoms with E-state index >= 15 is 0 Å². The molecule has 80 valence electrons. The zero-order valence-electron chi connectivity index (χ0n) is 8.57. The second kappa shape index (κ2) is 4.84. The van der Waals surface area contributed by atoms with Crippen molar-refractivity contribution in [3.8, 4) is 0 Å². The molecule has 0 aliphatic heterocycles. The van der Waals surface area contributed by atoms with Crippen molar-refractivity contribution in [2.75, 3.05) is 19.0 Å². The predicted molar refractivity (Wildman–Crippen MR) is 62.4 cm³/mol. The number of nitrogens with zero attached hydrogens (tertiary/aromatic N) is 1. The monoisotopic (exact) mass is 225 g/mol. The molecular weight excluding hydrogens is 214 g/mol. The van der Waals surface area contributed by atoms with Gasteiger partial charge in [0.1, 0.15) is 0 Å². The highest BCUT2D eigenvalue weighted by Gasteiger charge is 2.02. The number of anilines is 1. The maximum Gasteiger partial charge on any atom is 0.328 e. The van der Waals surface area contributed by atoms with Crippen molar-refractivity contribution in [2.24, 2.45) is 0 Å². The summed E-state index contributed by atoms with van der Waals surface area (Å²) >= 11 is 5.84. The van der Waals surface area contributed by atoms with Gasteiger partial charge in [0.15, 0.2) is 0 Å². The molecule has 3 nitrogen and oxygen atoms in total. The molecule has 0 radical (unpaired) electrons. The zero-order valence-corrected chi connectivity index (χ0v) is 9.32. The molecule has 1 rings (SSSR count). The van der Waals surface area contributed by atoms with Gasteiger partial charge >= 0.3 is 5.97 Å². The van der Waals surface area contributed by atoms with Crippen molar-refractivity contribution in [2.45, 2.75) is 0 Å². The highest BCUT2D eigenvalue weighted by Crippen LogP contribution is 2.23. The summed E-state index contributed by atoms with van der Waals surface area (Å²) in [6.07, 6.45) is 2.63. The number of carboxylic acids is 1. The lowest BCUT2D eigenvalue weighted by atomic mass is 10.1. The summed E-state index contributed by atoms with van der Waals surface area (Å²) in [5.41, 5.74) is 1.71. The van der Waals surface area contributed by atoms with Crippen molar-refractivity contribution >= 4 is 29.3 Å². The first-order valence-electron chi connectivity index (χ1n) is 4.38. The van der Waals surface area contributed by atoms with Crippen molar-refractivity contribution in [1.82, 2.24) is 0 Å². The van der Waals surface area contributed by atoms with Crippen LogP contribution in [-0.2, 0) is 4.79 Å². The maximum absolute atomic E-state index is 10.4. The first-order valence-corrected chi connectivity index (χ1v) is 4.76. The van der Waals surface area contributed by atoms with Crippen LogP contribution in [0.15, 0.2) is 24.3 Å². The molecule has 0 atom stereocenters. The lowest BCUT2D eigenvalue weighted by molar-refractivity contribution is -0.131. The highest BCUT2D eigenvalue weighted by atomic mass is 35.5. The molecule has 1 aromatic rings. The predicted octanol–water partition coefficient (Wildman–Crippen LogP) is 2.50. The van der Waals surface area contributed by atoms with Gasteiger partial charge in [0.25, 0.3) is 0 Å². The van der Waals surface area contributed by atoms with Crippen LogP contribution in [0.25, 0.3) is 6.08 Å². The van der Waals surface area contributed by atoms with Crippen LogP contribution in [0.2, 0.25) is 5.02 Å². The normalized spacial score (nSPS) is 10.6. The third-order valence-corrected chi connectivity index (χ3v) is 2.11.